The number of methoxy groups -OCH3 is 1. The average Bonchev–Trinajstić information content (AvgIpc) is 2.93. The Bertz CT molecular complexity index is 367. The molecular formula is C14H24IN3O2. The maximum absolute atomic E-state index is 5.28. The molecule has 0 bridgehead atoms. The Morgan fingerprint density at radius 1 is 1.50 bits per heavy atom. The minimum Gasteiger partial charge on any atom is -0.469 e. The van der Waals surface area contributed by atoms with Gasteiger partial charge in [0.1, 0.15) is 5.76 Å². The summed E-state index contributed by atoms with van der Waals surface area (Å²) in [6.45, 7) is 6.62. The summed E-state index contributed by atoms with van der Waals surface area (Å²) in [7, 11) is 1.70. The molecule has 0 aliphatic heterocycles. The van der Waals surface area contributed by atoms with E-state index >= 15 is 0 Å². The van der Waals surface area contributed by atoms with Crippen LogP contribution >= 0.6 is 24.0 Å². The van der Waals surface area contributed by atoms with Gasteiger partial charge < -0.3 is 19.8 Å². The van der Waals surface area contributed by atoms with Crippen LogP contribution < -0.4 is 10.6 Å². The van der Waals surface area contributed by atoms with Gasteiger partial charge in [-0.1, -0.05) is 6.08 Å². The van der Waals surface area contributed by atoms with E-state index in [0.717, 1.165) is 44.3 Å². The molecule has 0 fully saturated rings. The van der Waals surface area contributed by atoms with E-state index in [4.69, 9.17) is 9.15 Å². The van der Waals surface area contributed by atoms with Crippen LogP contribution in [0.4, 0.5) is 0 Å². The third kappa shape index (κ3) is 8.98. The van der Waals surface area contributed by atoms with Crippen molar-refractivity contribution >= 4 is 29.9 Å². The van der Waals surface area contributed by atoms with Gasteiger partial charge in [0.2, 0.25) is 0 Å². The molecule has 0 amide bonds. The quantitative estimate of drug-likeness (QED) is 0.222. The Kier molecular flexibility index (Phi) is 12.3. The fourth-order valence-electron chi connectivity index (χ4n) is 1.50. The van der Waals surface area contributed by atoms with Crippen molar-refractivity contribution in [2.75, 3.05) is 33.4 Å². The van der Waals surface area contributed by atoms with Crippen molar-refractivity contribution in [1.29, 1.82) is 0 Å². The molecule has 1 rings (SSSR count). The molecule has 0 atom stereocenters. The predicted octanol–water partition coefficient (Wildman–Crippen LogP) is 2.20. The number of nitrogens with zero attached hydrogens (tertiary/aromatic N) is 1. The Morgan fingerprint density at radius 3 is 3.00 bits per heavy atom. The minimum atomic E-state index is 0. The standard InChI is InChI=1S/C14H23N3O2.HI/c1-3-8-15-14(16-9-5-11-18-2)17-10-7-13-6-4-12-19-13;/h3-4,6,12H,1,5,7-11H2,2H3,(H2,15,16,17);1H. The maximum Gasteiger partial charge on any atom is 0.191 e. The van der Waals surface area contributed by atoms with E-state index in [2.05, 4.69) is 22.2 Å². The monoisotopic (exact) mass is 393 g/mol. The van der Waals surface area contributed by atoms with Crippen LogP contribution in [0.15, 0.2) is 40.5 Å². The van der Waals surface area contributed by atoms with Crippen LogP contribution in [0.1, 0.15) is 12.2 Å². The van der Waals surface area contributed by atoms with Crippen LogP contribution in [0.3, 0.4) is 0 Å². The van der Waals surface area contributed by atoms with E-state index in [-0.39, 0.29) is 24.0 Å². The number of halogens is 1. The summed E-state index contributed by atoms with van der Waals surface area (Å²) in [6.07, 6.45) is 5.24. The molecular weight excluding hydrogens is 369 g/mol. The second-order valence-corrected chi connectivity index (χ2v) is 4.00. The Morgan fingerprint density at radius 2 is 2.35 bits per heavy atom. The molecule has 114 valence electrons. The van der Waals surface area contributed by atoms with E-state index in [9.17, 15) is 0 Å². The van der Waals surface area contributed by atoms with Gasteiger partial charge in [0.15, 0.2) is 5.96 Å². The second kappa shape index (κ2) is 13.0. The molecule has 0 radical (unpaired) electrons. The lowest BCUT2D eigenvalue weighted by atomic mass is 10.3. The second-order valence-electron chi connectivity index (χ2n) is 4.00. The van der Waals surface area contributed by atoms with Gasteiger partial charge in [-0.05, 0) is 18.6 Å². The molecule has 6 heteroatoms. The highest BCUT2D eigenvalue weighted by Crippen LogP contribution is 1.99. The number of ether oxygens (including phenoxy) is 1. The van der Waals surface area contributed by atoms with Crippen molar-refractivity contribution in [3.63, 3.8) is 0 Å². The number of guanidine groups is 1. The number of rotatable bonds is 9. The predicted molar refractivity (Wildman–Crippen MR) is 92.8 cm³/mol. The molecule has 0 saturated carbocycles. The first-order valence-electron chi connectivity index (χ1n) is 6.51. The first-order valence-corrected chi connectivity index (χ1v) is 6.51. The molecule has 0 aromatic carbocycles. The van der Waals surface area contributed by atoms with Crippen molar-refractivity contribution in [2.45, 2.75) is 12.8 Å². The van der Waals surface area contributed by atoms with Crippen LogP contribution in [0, 0.1) is 0 Å². The van der Waals surface area contributed by atoms with E-state index in [1.165, 1.54) is 0 Å². The molecule has 2 N–H and O–H groups in total. The Balaban J connectivity index is 0.00000361. The number of hydrogen-bond donors (Lipinski definition) is 2. The fourth-order valence-corrected chi connectivity index (χ4v) is 1.50. The van der Waals surface area contributed by atoms with Crippen molar-refractivity contribution < 1.29 is 9.15 Å². The van der Waals surface area contributed by atoms with Crippen molar-refractivity contribution in [3.8, 4) is 0 Å². The summed E-state index contributed by atoms with van der Waals surface area (Å²) in [5, 5.41) is 6.44. The highest BCUT2D eigenvalue weighted by atomic mass is 127. The summed E-state index contributed by atoms with van der Waals surface area (Å²) in [6, 6.07) is 3.86. The summed E-state index contributed by atoms with van der Waals surface area (Å²) in [4.78, 5) is 4.45. The Labute approximate surface area is 137 Å². The zero-order chi connectivity index (χ0) is 13.8. The number of furan rings is 1. The molecule has 1 heterocycles. The molecule has 20 heavy (non-hydrogen) atoms. The lowest BCUT2D eigenvalue weighted by Gasteiger charge is -2.10. The molecule has 0 spiro atoms. The van der Waals surface area contributed by atoms with Gasteiger partial charge in [-0.15, -0.1) is 30.6 Å². The first-order chi connectivity index (χ1) is 9.36. The molecule has 1 aromatic rings. The van der Waals surface area contributed by atoms with E-state index in [1.54, 1.807) is 19.4 Å². The summed E-state index contributed by atoms with van der Waals surface area (Å²) >= 11 is 0. The molecule has 0 aliphatic carbocycles. The lowest BCUT2D eigenvalue weighted by Crippen LogP contribution is -2.38. The molecule has 0 unspecified atom stereocenters. The van der Waals surface area contributed by atoms with Gasteiger partial charge >= 0.3 is 0 Å². The summed E-state index contributed by atoms with van der Waals surface area (Å²) in [5.41, 5.74) is 0. The van der Waals surface area contributed by atoms with Crippen LogP contribution in [0.25, 0.3) is 0 Å². The maximum atomic E-state index is 5.28. The average molecular weight is 393 g/mol. The largest absolute Gasteiger partial charge is 0.469 e. The van der Waals surface area contributed by atoms with E-state index in [0.29, 0.717) is 6.54 Å². The highest BCUT2D eigenvalue weighted by molar-refractivity contribution is 14.0. The molecule has 5 nitrogen and oxygen atoms in total. The van der Waals surface area contributed by atoms with Crippen LogP contribution in [0.2, 0.25) is 0 Å². The third-order valence-corrected chi connectivity index (χ3v) is 2.43. The highest BCUT2D eigenvalue weighted by Gasteiger charge is 1.99. The Hall–Kier alpha value is -1.02. The topological polar surface area (TPSA) is 58.8 Å². The van der Waals surface area contributed by atoms with Crippen LogP contribution in [-0.2, 0) is 11.2 Å². The van der Waals surface area contributed by atoms with Crippen molar-refractivity contribution in [3.05, 3.63) is 36.8 Å². The normalized spacial score (nSPS) is 10.8. The first kappa shape index (κ1) is 19.0. The van der Waals surface area contributed by atoms with Gasteiger partial charge in [0, 0.05) is 39.8 Å². The molecule has 0 aliphatic rings. The van der Waals surface area contributed by atoms with Gasteiger partial charge in [-0.3, -0.25) is 4.99 Å². The summed E-state index contributed by atoms with van der Waals surface area (Å²) in [5.74, 6) is 1.76. The van der Waals surface area contributed by atoms with Crippen molar-refractivity contribution in [2.24, 2.45) is 4.99 Å². The minimum absolute atomic E-state index is 0. The van der Waals surface area contributed by atoms with E-state index < -0.39 is 0 Å². The van der Waals surface area contributed by atoms with E-state index in [1.807, 2.05) is 12.1 Å². The zero-order valence-corrected chi connectivity index (χ0v) is 14.3. The lowest BCUT2D eigenvalue weighted by molar-refractivity contribution is 0.197. The number of nitrogens with one attached hydrogen (secondary N) is 2. The smallest absolute Gasteiger partial charge is 0.191 e. The van der Waals surface area contributed by atoms with Gasteiger partial charge in [0.05, 0.1) is 6.26 Å². The van der Waals surface area contributed by atoms with Crippen LogP contribution in [-0.4, -0.2) is 39.3 Å². The summed E-state index contributed by atoms with van der Waals surface area (Å²) < 4.78 is 10.3. The zero-order valence-electron chi connectivity index (χ0n) is 11.9. The molecule has 1 aromatic heterocycles. The number of aliphatic imine (C=N–C) groups is 1. The van der Waals surface area contributed by atoms with Crippen molar-refractivity contribution in [1.82, 2.24) is 10.6 Å². The van der Waals surface area contributed by atoms with Gasteiger partial charge in [-0.2, -0.15) is 0 Å². The van der Waals surface area contributed by atoms with Gasteiger partial charge in [0.25, 0.3) is 0 Å². The third-order valence-electron chi connectivity index (χ3n) is 2.43. The number of hydrogen-bond acceptors (Lipinski definition) is 3. The van der Waals surface area contributed by atoms with Crippen LogP contribution in [0.5, 0.6) is 0 Å². The van der Waals surface area contributed by atoms with Gasteiger partial charge in [-0.25, -0.2) is 0 Å². The molecule has 0 saturated heterocycles. The fraction of sp³-hybridized carbons (Fsp3) is 0.500. The SMILES string of the molecule is C=CCNC(=NCCCOC)NCCc1ccco1.I.